The third-order valence-electron chi connectivity index (χ3n) is 5.89. The van der Waals surface area contributed by atoms with Gasteiger partial charge in [-0.05, 0) is 41.8 Å². The van der Waals surface area contributed by atoms with E-state index in [2.05, 4.69) is 46.4 Å². The second-order valence-corrected chi connectivity index (χ2v) is 8.25. The molecule has 5 heteroatoms. The van der Waals surface area contributed by atoms with Gasteiger partial charge in [0.05, 0.1) is 29.5 Å². The number of hydrogen-bond donors (Lipinski definition) is 1. The molecule has 5 aromatic rings. The molecular weight excluding hydrogens is 410 g/mol. The van der Waals surface area contributed by atoms with E-state index in [0.717, 1.165) is 27.7 Å². The molecule has 1 atom stereocenters. The minimum Gasteiger partial charge on any atom is -0.472 e. The number of carbonyl (C=O) groups is 1. The van der Waals surface area contributed by atoms with Gasteiger partial charge in [0, 0.05) is 18.7 Å². The zero-order chi connectivity index (χ0) is 22.6. The molecule has 0 bridgehead atoms. The molecule has 0 saturated heterocycles. The lowest BCUT2D eigenvalue weighted by molar-refractivity contribution is -0.133. The van der Waals surface area contributed by atoms with Gasteiger partial charge in [-0.15, -0.1) is 0 Å². The van der Waals surface area contributed by atoms with Crippen LogP contribution in [-0.4, -0.2) is 20.8 Å². The Hall–Kier alpha value is -4.12. The number of hydrogen-bond acceptors (Lipinski definition) is 3. The number of imidazole rings is 1. The summed E-state index contributed by atoms with van der Waals surface area (Å²) in [6.45, 7) is 2.88. The average Bonchev–Trinajstić information content (AvgIpc) is 3.53. The normalized spacial score (nSPS) is 12.0. The van der Waals surface area contributed by atoms with Crippen LogP contribution in [0.3, 0.4) is 0 Å². The molecule has 0 aliphatic rings. The van der Waals surface area contributed by atoms with Gasteiger partial charge in [0.1, 0.15) is 5.82 Å². The van der Waals surface area contributed by atoms with Crippen molar-refractivity contribution in [2.24, 2.45) is 0 Å². The standard InChI is InChI=1S/C28H25N3O2/c1-20(27-29-25-9-5-6-10-26(25)30-27)28(32)31(18-22-15-16-33-19-22)17-21-11-13-24(14-12-21)23-7-3-2-4-8-23/h2-16,19-20H,17-18H2,1H3,(H,29,30). The van der Waals surface area contributed by atoms with Crippen molar-refractivity contribution in [2.75, 3.05) is 0 Å². The molecule has 1 amide bonds. The molecule has 5 nitrogen and oxygen atoms in total. The second kappa shape index (κ2) is 9.17. The molecule has 0 spiro atoms. The predicted octanol–water partition coefficient (Wildman–Crippen LogP) is 6.16. The Balaban J connectivity index is 1.38. The SMILES string of the molecule is CC(C(=O)N(Cc1ccc(-c2ccccc2)cc1)Cc1ccoc1)c1nc2ccccc2[nH]1. The van der Waals surface area contributed by atoms with E-state index in [9.17, 15) is 4.79 Å². The number of H-pyrrole nitrogens is 1. The summed E-state index contributed by atoms with van der Waals surface area (Å²) in [5, 5.41) is 0. The molecule has 0 fully saturated rings. The summed E-state index contributed by atoms with van der Waals surface area (Å²) in [6.07, 6.45) is 3.32. The zero-order valence-electron chi connectivity index (χ0n) is 18.4. The quantitative estimate of drug-likeness (QED) is 0.333. The van der Waals surface area contributed by atoms with E-state index in [-0.39, 0.29) is 5.91 Å². The molecule has 1 N–H and O–H groups in total. The van der Waals surface area contributed by atoms with Crippen molar-refractivity contribution in [2.45, 2.75) is 25.9 Å². The fourth-order valence-corrected chi connectivity index (χ4v) is 4.04. The van der Waals surface area contributed by atoms with Crippen LogP contribution in [0.2, 0.25) is 0 Å². The number of para-hydroxylation sites is 2. The maximum atomic E-state index is 13.6. The van der Waals surface area contributed by atoms with E-state index in [4.69, 9.17) is 4.42 Å². The molecule has 5 rings (SSSR count). The van der Waals surface area contributed by atoms with Crippen LogP contribution >= 0.6 is 0 Å². The number of benzene rings is 3. The lowest BCUT2D eigenvalue weighted by atomic mass is 10.0. The minimum absolute atomic E-state index is 0.0161. The zero-order valence-corrected chi connectivity index (χ0v) is 18.4. The summed E-state index contributed by atoms with van der Waals surface area (Å²) in [4.78, 5) is 23.4. The van der Waals surface area contributed by atoms with Gasteiger partial charge in [-0.1, -0.05) is 66.7 Å². The number of carbonyl (C=O) groups excluding carboxylic acids is 1. The van der Waals surface area contributed by atoms with Gasteiger partial charge < -0.3 is 14.3 Å². The van der Waals surface area contributed by atoms with Crippen LogP contribution in [0.4, 0.5) is 0 Å². The smallest absolute Gasteiger partial charge is 0.233 e. The number of nitrogens with zero attached hydrogens (tertiary/aromatic N) is 2. The molecule has 2 aromatic heterocycles. The van der Waals surface area contributed by atoms with Crippen LogP contribution in [0, 0.1) is 0 Å². The molecule has 1 unspecified atom stereocenters. The van der Waals surface area contributed by atoms with Crippen molar-refractivity contribution in [3.8, 4) is 11.1 Å². The number of aromatic nitrogens is 2. The summed E-state index contributed by atoms with van der Waals surface area (Å²) in [6, 6.07) is 28.4. The number of nitrogens with one attached hydrogen (secondary N) is 1. The third kappa shape index (κ3) is 4.58. The van der Waals surface area contributed by atoms with E-state index < -0.39 is 5.92 Å². The highest BCUT2D eigenvalue weighted by atomic mass is 16.3. The monoisotopic (exact) mass is 435 g/mol. The number of aromatic amines is 1. The topological polar surface area (TPSA) is 62.1 Å². The molecule has 0 saturated carbocycles. The van der Waals surface area contributed by atoms with Crippen LogP contribution in [0.15, 0.2) is 102 Å². The number of furan rings is 1. The Bertz CT molecular complexity index is 1310. The maximum Gasteiger partial charge on any atom is 0.233 e. The van der Waals surface area contributed by atoms with Crippen molar-refractivity contribution >= 4 is 16.9 Å². The Kier molecular flexibility index (Phi) is 5.77. The van der Waals surface area contributed by atoms with Crippen molar-refractivity contribution in [3.63, 3.8) is 0 Å². The second-order valence-electron chi connectivity index (χ2n) is 8.25. The van der Waals surface area contributed by atoms with E-state index >= 15 is 0 Å². The Morgan fingerprint density at radius 3 is 2.30 bits per heavy atom. The lowest BCUT2D eigenvalue weighted by Gasteiger charge is -2.25. The molecule has 3 aromatic carbocycles. The van der Waals surface area contributed by atoms with Gasteiger partial charge in [-0.25, -0.2) is 4.98 Å². The van der Waals surface area contributed by atoms with Crippen LogP contribution < -0.4 is 0 Å². The van der Waals surface area contributed by atoms with E-state index in [1.54, 1.807) is 12.5 Å². The maximum absolute atomic E-state index is 13.6. The first-order valence-electron chi connectivity index (χ1n) is 11.1. The van der Waals surface area contributed by atoms with Gasteiger partial charge >= 0.3 is 0 Å². The summed E-state index contributed by atoms with van der Waals surface area (Å²) < 4.78 is 5.24. The summed E-state index contributed by atoms with van der Waals surface area (Å²) in [5.41, 5.74) is 6.16. The van der Waals surface area contributed by atoms with Crippen molar-refractivity contribution in [3.05, 3.63) is 114 Å². The van der Waals surface area contributed by atoms with Crippen LogP contribution in [-0.2, 0) is 17.9 Å². The Labute approximate surface area is 192 Å². The first kappa shape index (κ1) is 20.8. The van der Waals surface area contributed by atoms with Gasteiger partial charge in [-0.2, -0.15) is 0 Å². The van der Waals surface area contributed by atoms with Gasteiger partial charge in [0.15, 0.2) is 0 Å². The van der Waals surface area contributed by atoms with E-state index in [1.807, 2.05) is 60.4 Å². The lowest BCUT2D eigenvalue weighted by Crippen LogP contribution is -2.33. The predicted molar refractivity (Wildman–Crippen MR) is 129 cm³/mol. The highest BCUT2D eigenvalue weighted by Crippen LogP contribution is 2.24. The largest absolute Gasteiger partial charge is 0.472 e. The molecule has 33 heavy (non-hydrogen) atoms. The highest BCUT2D eigenvalue weighted by Gasteiger charge is 2.25. The van der Waals surface area contributed by atoms with Crippen LogP contribution in [0.25, 0.3) is 22.2 Å². The average molecular weight is 436 g/mol. The highest BCUT2D eigenvalue weighted by molar-refractivity contribution is 5.84. The first-order chi connectivity index (χ1) is 16.2. The minimum atomic E-state index is -0.395. The summed E-state index contributed by atoms with van der Waals surface area (Å²) in [7, 11) is 0. The van der Waals surface area contributed by atoms with Crippen molar-refractivity contribution < 1.29 is 9.21 Å². The molecule has 0 radical (unpaired) electrons. The van der Waals surface area contributed by atoms with Crippen molar-refractivity contribution in [1.29, 1.82) is 0 Å². The van der Waals surface area contributed by atoms with Gasteiger partial charge in [-0.3, -0.25) is 4.79 Å². The summed E-state index contributed by atoms with van der Waals surface area (Å²) >= 11 is 0. The van der Waals surface area contributed by atoms with E-state index in [1.165, 1.54) is 5.56 Å². The Morgan fingerprint density at radius 1 is 0.879 bits per heavy atom. The third-order valence-corrected chi connectivity index (χ3v) is 5.89. The van der Waals surface area contributed by atoms with E-state index in [0.29, 0.717) is 18.9 Å². The van der Waals surface area contributed by atoms with Crippen LogP contribution in [0.1, 0.15) is 29.8 Å². The number of amides is 1. The number of fused-ring (bicyclic) bond motifs is 1. The van der Waals surface area contributed by atoms with Gasteiger partial charge in [0.25, 0.3) is 0 Å². The molecule has 164 valence electrons. The van der Waals surface area contributed by atoms with Gasteiger partial charge in [0.2, 0.25) is 5.91 Å². The fourth-order valence-electron chi connectivity index (χ4n) is 4.04. The number of rotatable bonds is 7. The molecule has 2 heterocycles. The molecule has 0 aliphatic carbocycles. The molecular formula is C28H25N3O2. The first-order valence-corrected chi connectivity index (χ1v) is 11.1. The van der Waals surface area contributed by atoms with Crippen molar-refractivity contribution in [1.82, 2.24) is 14.9 Å². The molecule has 0 aliphatic heterocycles. The Morgan fingerprint density at radius 2 is 1.58 bits per heavy atom. The fraction of sp³-hybridized carbons (Fsp3) is 0.143. The van der Waals surface area contributed by atoms with Crippen LogP contribution in [0.5, 0.6) is 0 Å². The summed E-state index contributed by atoms with van der Waals surface area (Å²) in [5.74, 6) is 0.299.